The number of rotatable bonds is 3. The van der Waals surface area contributed by atoms with Gasteiger partial charge < -0.3 is 9.84 Å². The van der Waals surface area contributed by atoms with Crippen molar-refractivity contribution in [2.24, 2.45) is 5.92 Å². The Kier molecular flexibility index (Phi) is 3.67. The lowest BCUT2D eigenvalue weighted by molar-refractivity contribution is -0.138. The van der Waals surface area contributed by atoms with Crippen LogP contribution in [-0.2, 0) is 17.6 Å². The van der Waals surface area contributed by atoms with Crippen LogP contribution in [0.2, 0.25) is 0 Å². The average molecular weight is 234 g/mol. The van der Waals surface area contributed by atoms with E-state index in [9.17, 15) is 4.79 Å². The van der Waals surface area contributed by atoms with E-state index < -0.39 is 5.97 Å². The van der Waals surface area contributed by atoms with Crippen molar-refractivity contribution in [3.05, 3.63) is 29.3 Å². The Hall–Kier alpha value is -1.51. The van der Waals surface area contributed by atoms with Crippen molar-refractivity contribution in [2.45, 2.75) is 32.1 Å². The third kappa shape index (κ3) is 2.99. The number of ether oxygens (including phenoxy) is 1. The van der Waals surface area contributed by atoms with Gasteiger partial charge in [-0.15, -0.1) is 0 Å². The first-order chi connectivity index (χ1) is 8.19. The second-order valence-corrected chi connectivity index (χ2v) is 4.69. The van der Waals surface area contributed by atoms with E-state index in [1.54, 1.807) is 7.11 Å². The average Bonchev–Trinajstić information content (AvgIpc) is 2.48. The third-order valence-corrected chi connectivity index (χ3v) is 3.44. The number of carboxylic acid groups (broad SMARTS) is 1. The van der Waals surface area contributed by atoms with Crippen LogP contribution in [0.5, 0.6) is 5.75 Å². The largest absolute Gasteiger partial charge is 0.497 e. The van der Waals surface area contributed by atoms with Gasteiger partial charge in [0, 0.05) is 6.42 Å². The van der Waals surface area contributed by atoms with Crippen LogP contribution in [0.1, 0.15) is 30.4 Å². The van der Waals surface area contributed by atoms with Crippen LogP contribution in [0.4, 0.5) is 0 Å². The van der Waals surface area contributed by atoms with Gasteiger partial charge in [0.25, 0.3) is 0 Å². The Labute approximate surface area is 101 Å². The van der Waals surface area contributed by atoms with E-state index in [1.807, 2.05) is 6.07 Å². The molecule has 0 saturated carbocycles. The predicted octanol–water partition coefficient (Wildman–Crippen LogP) is 2.66. The summed E-state index contributed by atoms with van der Waals surface area (Å²) in [6.45, 7) is 0. The van der Waals surface area contributed by atoms with Gasteiger partial charge in [-0.3, -0.25) is 4.79 Å². The van der Waals surface area contributed by atoms with Crippen molar-refractivity contribution in [2.75, 3.05) is 7.11 Å². The molecule has 1 aromatic rings. The minimum atomic E-state index is -0.693. The molecule has 1 atom stereocenters. The Morgan fingerprint density at radius 1 is 1.47 bits per heavy atom. The molecule has 1 aliphatic carbocycles. The topological polar surface area (TPSA) is 46.5 Å². The fraction of sp³-hybridized carbons (Fsp3) is 0.500. The Morgan fingerprint density at radius 3 is 3.00 bits per heavy atom. The van der Waals surface area contributed by atoms with Crippen molar-refractivity contribution in [1.29, 1.82) is 0 Å². The van der Waals surface area contributed by atoms with Gasteiger partial charge >= 0.3 is 5.97 Å². The van der Waals surface area contributed by atoms with Crippen molar-refractivity contribution < 1.29 is 14.6 Å². The summed E-state index contributed by atoms with van der Waals surface area (Å²) in [6, 6.07) is 6.14. The number of aliphatic carboxylic acids is 1. The molecule has 0 aliphatic heterocycles. The smallest absolute Gasteiger partial charge is 0.303 e. The second kappa shape index (κ2) is 5.21. The van der Waals surface area contributed by atoms with Crippen LogP contribution in [0.25, 0.3) is 0 Å². The lowest BCUT2D eigenvalue weighted by Gasteiger charge is -2.12. The summed E-state index contributed by atoms with van der Waals surface area (Å²) in [6.07, 6.45) is 4.27. The van der Waals surface area contributed by atoms with Crippen LogP contribution < -0.4 is 4.74 Å². The molecule has 3 nitrogen and oxygen atoms in total. The van der Waals surface area contributed by atoms with Crippen LogP contribution in [0.15, 0.2) is 18.2 Å². The SMILES string of the molecule is COc1ccc2c(c1)CC(CC(=O)O)CCC2. The van der Waals surface area contributed by atoms with Crippen LogP contribution in [0.3, 0.4) is 0 Å². The van der Waals surface area contributed by atoms with Gasteiger partial charge in [0.1, 0.15) is 5.75 Å². The molecule has 0 radical (unpaired) electrons. The first-order valence-corrected chi connectivity index (χ1v) is 6.06. The molecule has 0 bridgehead atoms. The summed E-state index contributed by atoms with van der Waals surface area (Å²) in [4.78, 5) is 10.8. The summed E-state index contributed by atoms with van der Waals surface area (Å²) >= 11 is 0. The van der Waals surface area contributed by atoms with Gasteiger partial charge in [-0.25, -0.2) is 0 Å². The molecule has 0 spiro atoms. The highest BCUT2D eigenvalue weighted by molar-refractivity contribution is 5.67. The fourth-order valence-corrected chi connectivity index (χ4v) is 2.58. The molecule has 1 aromatic carbocycles. The number of hydrogen-bond donors (Lipinski definition) is 1. The highest BCUT2D eigenvalue weighted by Gasteiger charge is 2.19. The molecule has 92 valence electrons. The van der Waals surface area contributed by atoms with Crippen LogP contribution in [0, 0.1) is 5.92 Å². The van der Waals surface area contributed by atoms with E-state index in [0.717, 1.165) is 31.4 Å². The number of carboxylic acids is 1. The first kappa shape index (κ1) is 12.0. The lowest BCUT2D eigenvalue weighted by Crippen LogP contribution is -2.09. The number of carbonyl (C=O) groups is 1. The number of benzene rings is 1. The van der Waals surface area contributed by atoms with Gasteiger partial charge in [-0.1, -0.05) is 6.07 Å². The molecule has 0 heterocycles. The maximum atomic E-state index is 10.8. The van der Waals surface area contributed by atoms with Crippen molar-refractivity contribution in [3.63, 3.8) is 0 Å². The number of fused-ring (bicyclic) bond motifs is 1. The van der Waals surface area contributed by atoms with E-state index in [1.165, 1.54) is 11.1 Å². The zero-order chi connectivity index (χ0) is 12.3. The lowest BCUT2D eigenvalue weighted by atomic mass is 9.94. The highest BCUT2D eigenvalue weighted by atomic mass is 16.5. The fourth-order valence-electron chi connectivity index (χ4n) is 2.58. The van der Waals surface area contributed by atoms with Gasteiger partial charge in [-0.05, 0) is 54.9 Å². The molecule has 1 aliphatic rings. The summed E-state index contributed by atoms with van der Waals surface area (Å²) < 4.78 is 5.22. The molecule has 1 N–H and O–H groups in total. The zero-order valence-electron chi connectivity index (χ0n) is 10.1. The molecular formula is C14H18O3. The van der Waals surface area contributed by atoms with E-state index in [4.69, 9.17) is 9.84 Å². The molecule has 0 fully saturated rings. The van der Waals surface area contributed by atoms with Crippen molar-refractivity contribution >= 4 is 5.97 Å². The highest BCUT2D eigenvalue weighted by Crippen LogP contribution is 2.29. The summed E-state index contributed by atoms with van der Waals surface area (Å²) in [5.74, 6) is 0.432. The first-order valence-electron chi connectivity index (χ1n) is 6.06. The molecule has 17 heavy (non-hydrogen) atoms. The summed E-state index contributed by atoms with van der Waals surface area (Å²) in [5.41, 5.74) is 2.60. The number of aryl methyl sites for hydroxylation is 1. The van der Waals surface area contributed by atoms with Crippen LogP contribution >= 0.6 is 0 Å². The van der Waals surface area contributed by atoms with Crippen molar-refractivity contribution in [1.82, 2.24) is 0 Å². The van der Waals surface area contributed by atoms with Gasteiger partial charge in [-0.2, -0.15) is 0 Å². The molecule has 0 amide bonds. The molecular weight excluding hydrogens is 216 g/mol. The van der Waals surface area contributed by atoms with Gasteiger partial charge in [0.2, 0.25) is 0 Å². The monoisotopic (exact) mass is 234 g/mol. The van der Waals surface area contributed by atoms with Crippen molar-refractivity contribution in [3.8, 4) is 5.75 Å². The van der Waals surface area contributed by atoms with Crippen LogP contribution in [-0.4, -0.2) is 18.2 Å². The molecule has 0 aromatic heterocycles. The molecule has 1 unspecified atom stereocenters. The van der Waals surface area contributed by atoms with E-state index in [0.29, 0.717) is 0 Å². The number of methoxy groups -OCH3 is 1. The minimum Gasteiger partial charge on any atom is -0.497 e. The Balaban J connectivity index is 2.19. The molecule has 3 heteroatoms. The van der Waals surface area contributed by atoms with Gasteiger partial charge in [0.05, 0.1) is 7.11 Å². The summed E-state index contributed by atoms with van der Waals surface area (Å²) in [7, 11) is 1.66. The standard InChI is InChI=1S/C14H18O3/c1-17-13-6-5-11-4-2-3-10(8-14(15)16)7-12(11)9-13/h5-6,9-10H,2-4,7-8H2,1H3,(H,15,16). The minimum absolute atomic E-state index is 0.265. The quantitative estimate of drug-likeness (QED) is 0.818. The van der Waals surface area contributed by atoms with E-state index in [2.05, 4.69) is 12.1 Å². The van der Waals surface area contributed by atoms with E-state index >= 15 is 0 Å². The summed E-state index contributed by atoms with van der Waals surface area (Å²) in [5, 5.41) is 8.88. The maximum absolute atomic E-state index is 10.8. The molecule has 2 rings (SSSR count). The zero-order valence-corrected chi connectivity index (χ0v) is 10.1. The third-order valence-electron chi connectivity index (χ3n) is 3.44. The number of hydrogen-bond acceptors (Lipinski definition) is 2. The molecule has 0 saturated heterocycles. The maximum Gasteiger partial charge on any atom is 0.303 e. The van der Waals surface area contributed by atoms with Gasteiger partial charge in [0.15, 0.2) is 0 Å². The normalized spacial score (nSPS) is 19.2. The Bertz CT molecular complexity index is 412. The predicted molar refractivity (Wildman–Crippen MR) is 65.4 cm³/mol. The second-order valence-electron chi connectivity index (χ2n) is 4.69. The van der Waals surface area contributed by atoms with E-state index in [-0.39, 0.29) is 12.3 Å². The Morgan fingerprint density at radius 2 is 2.29 bits per heavy atom.